The molecule has 2 aliphatic rings. The van der Waals surface area contributed by atoms with Gasteiger partial charge in [0, 0.05) is 31.6 Å². The summed E-state index contributed by atoms with van der Waals surface area (Å²) in [5, 5.41) is 5.96. The van der Waals surface area contributed by atoms with Gasteiger partial charge in [-0.1, -0.05) is 30.3 Å². The van der Waals surface area contributed by atoms with Crippen molar-refractivity contribution in [2.45, 2.75) is 25.3 Å². The van der Waals surface area contributed by atoms with Gasteiger partial charge in [0.1, 0.15) is 0 Å². The molecule has 1 atom stereocenters. The maximum atomic E-state index is 13.3. The van der Waals surface area contributed by atoms with Crippen LogP contribution >= 0.6 is 0 Å². The molecule has 7 nitrogen and oxygen atoms in total. The van der Waals surface area contributed by atoms with E-state index in [1.54, 1.807) is 11.2 Å². The van der Waals surface area contributed by atoms with Crippen molar-refractivity contribution in [1.82, 2.24) is 15.0 Å². The van der Waals surface area contributed by atoms with Crippen LogP contribution in [0.5, 0.6) is 0 Å². The molecular formula is C19H21FN6O. The van der Waals surface area contributed by atoms with Crippen LogP contribution in [0.4, 0.5) is 16.2 Å². The zero-order valence-electron chi connectivity index (χ0n) is 14.8. The van der Waals surface area contributed by atoms with Gasteiger partial charge in [-0.3, -0.25) is 4.79 Å². The molecular weight excluding hydrogens is 347 g/mol. The first-order chi connectivity index (χ1) is 13.1. The summed E-state index contributed by atoms with van der Waals surface area (Å²) >= 11 is 0. The number of aromatic nitrogens is 2. The van der Waals surface area contributed by atoms with E-state index in [4.69, 9.17) is 5.73 Å². The van der Waals surface area contributed by atoms with Gasteiger partial charge >= 0.3 is 0 Å². The summed E-state index contributed by atoms with van der Waals surface area (Å²) < 4.78 is 13.3. The molecule has 2 aliphatic heterocycles. The fourth-order valence-corrected chi connectivity index (χ4v) is 3.61. The summed E-state index contributed by atoms with van der Waals surface area (Å²) in [6.07, 6.45) is 4.97. The number of nitrogen functional groups attached to an aromatic ring is 1. The fourth-order valence-electron chi connectivity index (χ4n) is 3.61. The van der Waals surface area contributed by atoms with E-state index in [9.17, 15) is 9.18 Å². The fraction of sp³-hybridized carbons (Fsp3) is 0.368. The van der Waals surface area contributed by atoms with Crippen molar-refractivity contribution in [3.63, 3.8) is 0 Å². The molecule has 8 heteroatoms. The number of halogens is 1. The van der Waals surface area contributed by atoms with E-state index < -0.39 is 5.82 Å². The van der Waals surface area contributed by atoms with Gasteiger partial charge in [0.15, 0.2) is 11.6 Å². The number of carbonyl (C=O) groups is 1. The highest BCUT2D eigenvalue weighted by molar-refractivity contribution is 5.82. The molecule has 0 aliphatic carbocycles. The van der Waals surface area contributed by atoms with Gasteiger partial charge in [-0.25, -0.2) is 14.4 Å². The number of piperidine rings is 1. The number of hydrazone groups is 1. The van der Waals surface area contributed by atoms with E-state index >= 15 is 0 Å². The van der Waals surface area contributed by atoms with Crippen molar-refractivity contribution < 1.29 is 9.18 Å². The Balaban J connectivity index is 1.41. The number of hydrogen-bond donors (Lipinski definition) is 1. The second-order valence-electron chi connectivity index (χ2n) is 6.81. The van der Waals surface area contributed by atoms with Crippen molar-refractivity contribution in [1.29, 1.82) is 0 Å². The van der Waals surface area contributed by atoms with Crippen LogP contribution in [0.15, 0.2) is 41.6 Å². The molecule has 1 amide bonds. The monoisotopic (exact) mass is 368 g/mol. The summed E-state index contributed by atoms with van der Waals surface area (Å²) in [6, 6.07) is 9.94. The van der Waals surface area contributed by atoms with Gasteiger partial charge in [-0.2, -0.15) is 10.1 Å². The number of carbonyl (C=O) groups excluding carboxylic acids is 1. The van der Waals surface area contributed by atoms with Gasteiger partial charge in [0.05, 0.1) is 12.2 Å². The van der Waals surface area contributed by atoms with Crippen molar-refractivity contribution in [3.8, 4) is 0 Å². The number of anilines is 2. The number of amides is 1. The zero-order chi connectivity index (χ0) is 18.8. The summed E-state index contributed by atoms with van der Waals surface area (Å²) in [5.74, 6) is -0.420. The topological polar surface area (TPSA) is 87.7 Å². The Morgan fingerprint density at radius 2 is 1.93 bits per heavy atom. The molecule has 0 radical (unpaired) electrons. The quantitative estimate of drug-likeness (QED) is 0.899. The molecule has 2 N–H and O–H groups in total. The third kappa shape index (κ3) is 3.47. The third-order valence-corrected chi connectivity index (χ3v) is 5.13. The standard InChI is InChI=1S/C19H21FN6O/c20-15-12-22-19(24-17(15)21)25-10-7-14(8-11-25)18(27)26-16(6-9-23-26)13-4-2-1-3-5-13/h1-5,9,12,14,16H,6-8,10-11H2,(H2,21,22,24). The van der Waals surface area contributed by atoms with Gasteiger partial charge < -0.3 is 10.6 Å². The maximum Gasteiger partial charge on any atom is 0.246 e. The van der Waals surface area contributed by atoms with E-state index in [1.807, 2.05) is 35.2 Å². The lowest BCUT2D eigenvalue weighted by Gasteiger charge is -2.33. The van der Waals surface area contributed by atoms with Crippen molar-refractivity contribution in [2.75, 3.05) is 23.7 Å². The van der Waals surface area contributed by atoms with E-state index in [1.165, 1.54) is 0 Å². The van der Waals surface area contributed by atoms with E-state index in [0.717, 1.165) is 18.2 Å². The van der Waals surface area contributed by atoms with Crippen molar-refractivity contribution in [2.24, 2.45) is 11.0 Å². The maximum absolute atomic E-state index is 13.3. The first-order valence-electron chi connectivity index (χ1n) is 9.07. The van der Waals surface area contributed by atoms with Crippen LogP contribution in [0.2, 0.25) is 0 Å². The van der Waals surface area contributed by atoms with Gasteiger partial charge in [0.25, 0.3) is 0 Å². The predicted octanol–water partition coefficient (Wildman–Crippen LogP) is 2.37. The number of rotatable bonds is 3. The Bertz CT molecular complexity index is 851. The van der Waals surface area contributed by atoms with Gasteiger partial charge in [0.2, 0.25) is 11.9 Å². The molecule has 2 aromatic rings. The molecule has 27 heavy (non-hydrogen) atoms. The lowest BCUT2D eigenvalue weighted by molar-refractivity contribution is -0.138. The lowest BCUT2D eigenvalue weighted by Crippen LogP contribution is -2.41. The van der Waals surface area contributed by atoms with Crippen LogP contribution in [0.3, 0.4) is 0 Å². The molecule has 3 heterocycles. The number of nitrogens with two attached hydrogens (primary N) is 1. The summed E-state index contributed by atoms with van der Waals surface area (Å²) in [6.45, 7) is 1.24. The Morgan fingerprint density at radius 3 is 2.63 bits per heavy atom. The van der Waals surface area contributed by atoms with Gasteiger partial charge in [-0.15, -0.1) is 0 Å². The number of benzene rings is 1. The van der Waals surface area contributed by atoms with Crippen molar-refractivity contribution >= 4 is 23.9 Å². The smallest absolute Gasteiger partial charge is 0.246 e. The highest BCUT2D eigenvalue weighted by Crippen LogP contribution is 2.32. The molecule has 4 rings (SSSR count). The number of hydrogen-bond acceptors (Lipinski definition) is 6. The Kier molecular flexibility index (Phi) is 4.70. The zero-order valence-corrected chi connectivity index (χ0v) is 14.8. The molecule has 1 saturated heterocycles. The minimum Gasteiger partial charge on any atom is -0.381 e. The average Bonchev–Trinajstić information content (AvgIpc) is 3.20. The third-order valence-electron chi connectivity index (χ3n) is 5.13. The average molecular weight is 368 g/mol. The SMILES string of the molecule is Nc1nc(N2CCC(C(=O)N3N=CCC3c3ccccc3)CC2)ncc1F. The van der Waals surface area contributed by atoms with E-state index in [2.05, 4.69) is 15.1 Å². The minimum absolute atomic E-state index is 0.0306. The minimum atomic E-state index is -0.623. The highest BCUT2D eigenvalue weighted by atomic mass is 19.1. The summed E-state index contributed by atoms with van der Waals surface area (Å²) in [4.78, 5) is 22.9. The van der Waals surface area contributed by atoms with Crippen LogP contribution in [-0.2, 0) is 4.79 Å². The molecule has 0 spiro atoms. The van der Waals surface area contributed by atoms with Crippen LogP contribution in [0.25, 0.3) is 0 Å². The lowest BCUT2D eigenvalue weighted by atomic mass is 9.94. The second-order valence-corrected chi connectivity index (χ2v) is 6.81. The highest BCUT2D eigenvalue weighted by Gasteiger charge is 2.35. The van der Waals surface area contributed by atoms with Crippen LogP contribution in [0, 0.1) is 11.7 Å². The largest absolute Gasteiger partial charge is 0.381 e. The molecule has 1 aromatic heterocycles. The molecule has 0 saturated carbocycles. The molecule has 1 unspecified atom stereocenters. The summed E-state index contributed by atoms with van der Waals surface area (Å²) in [7, 11) is 0. The molecule has 0 bridgehead atoms. The second kappa shape index (κ2) is 7.30. The first-order valence-corrected chi connectivity index (χ1v) is 9.07. The van der Waals surface area contributed by atoms with E-state index in [0.29, 0.717) is 31.9 Å². The summed E-state index contributed by atoms with van der Waals surface area (Å²) in [5.41, 5.74) is 6.62. The molecule has 1 fully saturated rings. The number of nitrogens with zero attached hydrogens (tertiary/aromatic N) is 5. The Labute approximate surface area is 156 Å². The first kappa shape index (κ1) is 17.4. The van der Waals surface area contributed by atoms with Crippen LogP contribution in [0.1, 0.15) is 30.9 Å². The van der Waals surface area contributed by atoms with Gasteiger partial charge in [-0.05, 0) is 18.4 Å². The normalized spacial score (nSPS) is 20.3. The van der Waals surface area contributed by atoms with Crippen LogP contribution in [-0.4, -0.2) is 40.2 Å². The van der Waals surface area contributed by atoms with Crippen LogP contribution < -0.4 is 10.6 Å². The van der Waals surface area contributed by atoms with Crippen molar-refractivity contribution in [3.05, 3.63) is 47.9 Å². The Morgan fingerprint density at radius 1 is 1.19 bits per heavy atom. The Hall–Kier alpha value is -3.03. The van der Waals surface area contributed by atoms with E-state index in [-0.39, 0.29) is 23.7 Å². The molecule has 1 aromatic carbocycles. The predicted molar refractivity (Wildman–Crippen MR) is 100 cm³/mol. The molecule has 140 valence electrons.